The average molecular weight is 340 g/mol. The minimum absolute atomic E-state index is 0.379. The van der Waals surface area contributed by atoms with E-state index in [-0.39, 0.29) is 5.54 Å². The second-order valence-corrected chi connectivity index (χ2v) is 7.25. The summed E-state index contributed by atoms with van der Waals surface area (Å²) in [6.07, 6.45) is 4.59. The molecule has 1 aliphatic carbocycles. The van der Waals surface area contributed by atoms with Gasteiger partial charge in [-0.1, -0.05) is 36.3 Å². The SMILES string of the molecule is CCc1ccc(-c2nc(Cc3nc(C4(N)CCC4)no3)cs2)cc1. The van der Waals surface area contributed by atoms with Gasteiger partial charge in [0, 0.05) is 10.9 Å². The maximum absolute atomic E-state index is 6.24. The molecule has 0 radical (unpaired) electrons. The molecule has 0 amide bonds. The van der Waals surface area contributed by atoms with Crippen molar-refractivity contribution in [2.24, 2.45) is 5.73 Å². The Labute approximate surface area is 144 Å². The van der Waals surface area contributed by atoms with Gasteiger partial charge in [-0.3, -0.25) is 0 Å². The van der Waals surface area contributed by atoms with Gasteiger partial charge in [0.25, 0.3) is 0 Å². The monoisotopic (exact) mass is 340 g/mol. The molecule has 0 saturated heterocycles. The number of aromatic nitrogens is 3. The van der Waals surface area contributed by atoms with E-state index in [1.54, 1.807) is 11.3 Å². The predicted octanol–water partition coefficient (Wildman–Crippen LogP) is 3.68. The van der Waals surface area contributed by atoms with Crippen LogP contribution in [0.4, 0.5) is 0 Å². The van der Waals surface area contributed by atoms with Crippen molar-refractivity contribution in [3.63, 3.8) is 0 Å². The van der Waals surface area contributed by atoms with Crippen LogP contribution in [0.3, 0.4) is 0 Å². The van der Waals surface area contributed by atoms with E-state index in [4.69, 9.17) is 15.2 Å². The first-order valence-corrected chi connectivity index (χ1v) is 9.20. The summed E-state index contributed by atoms with van der Waals surface area (Å²) < 4.78 is 5.36. The summed E-state index contributed by atoms with van der Waals surface area (Å²) in [5.41, 5.74) is 9.28. The number of nitrogens with zero attached hydrogens (tertiary/aromatic N) is 3. The lowest BCUT2D eigenvalue weighted by Gasteiger charge is -2.34. The molecule has 5 nitrogen and oxygen atoms in total. The molecule has 6 heteroatoms. The number of rotatable bonds is 5. The van der Waals surface area contributed by atoms with Crippen LogP contribution < -0.4 is 5.73 Å². The lowest BCUT2D eigenvalue weighted by molar-refractivity contribution is 0.229. The van der Waals surface area contributed by atoms with E-state index in [9.17, 15) is 0 Å². The molecule has 2 N–H and O–H groups in total. The average Bonchev–Trinajstić information content (AvgIpc) is 3.23. The number of aryl methyl sites for hydroxylation is 1. The van der Waals surface area contributed by atoms with Crippen LogP contribution in [0.1, 0.15) is 49.2 Å². The number of benzene rings is 1. The predicted molar refractivity (Wildman–Crippen MR) is 93.7 cm³/mol. The molecule has 2 heterocycles. The first-order valence-electron chi connectivity index (χ1n) is 8.32. The quantitative estimate of drug-likeness (QED) is 0.766. The third-order valence-electron chi connectivity index (χ3n) is 4.65. The maximum atomic E-state index is 6.24. The Morgan fingerprint density at radius 3 is 2.67 bits per heavy atom. The zero-order chi connectivity index (χ0) is 16.6. The number of nitrogens with two attached hydrogens (primary N) is 1. The van der Waals surface area contributed by atoms with Gasteiger partial charge in [-0.15, -0.1) is 11.3 Å². The fourth-order valence-electron chi connectivity index (χ4n) is 2.87. The van der Waals surface area contributed by atoms with Gasteiger partial charge < -0.3 is 10.3 Å². The van der Waals surface area contributed by atoms with E-state index in [1.807, 2.05) is 0 Å². The lowest BCUT2D eigenvalue weighted by atomic mass is 9.77. The molecule has 3 aromatic rings. The standard InChI is InChI=1S/C18H20N4OS/c1-2-12-4-6-13(7-5-12)16-20-14(11-24-16)10-15-21-17(22-23-15)18(19)8-3-9-18/h4-7,11H,2-3,8-10,19H2,1H3. The zero-order valence-corrected chi connectivity index (χ0v) is 14.5. The first-order chi connectivity index (χ1) is 11.7. The molecule has 0 unspecified atom stereocenters. The van der Waals surface area contributed by atoms with Crippen molar-refractivity contribution in [1.29, 1.82) is 0 Å². The highest BCUT2D eigenvalue weighted by Crippen LogP contribution is 2.37. The van der Waals surface area contributed by atoms with Gasteiger partial charge in [0.05, 0.1) is 17.7 Å². The van der Waals surface area contributed by atoms with Gasteiger partial charge in [-0.25, -0.2) is 4.98 Å². The van der Waals surface area contributed by atoms with Crippen LogP contribution in [0, 0.1) is 0 Å². The molecular formula is C18H20N4OS. The molecule has 124 valence electrons. The summed E-state index contributed by atoms with van der Waals surface area (Å²) in [4.78, 5) is 9.16. The third-order valence-corrected chi connectivity index (χ3v) is 5.59. The van der Waals surface area contributed by atoms with Crippen molar-refractivity contribution >= 4 is 11.3 Å². The Bertz CT molecular complexity index is 833. The van der Waals surface area contributed by atoms with Gasteiger partial charge in [0.2, 0.25) is 5.89 Å². The highest BCUT2D eigenvalue weighted by Gasteiger charge is 2.38. The van der Waals surface area contributed by atoms with Crippen molar-refractivity contribution < 1.29 is 4.52 Å². The molecule has 24 heavy (non-hydrogen) atoms. The summed E-state index contributed by atoms with van der Waals surface area (Å²) in [5, 5.41) is 7.12. The Kier molecular flexibility index (Phi) is 3.94. The van der Waals surface area contributed by atoms with Crippen LogP contribution in [0.2, 0.25) is 0 Å². The molecule has 4 rings (SSSR count). The molecule has 1 aliphatic rings. The summed E-state index contributed by atoms with van der Waals surface area (Å²) in [7, 11) is 0. The zero-order valence-electron chi connectivity index (χ0n) is 13.7. The first kappa shape index (κ1) is 15.5. The fraction of sp³-hybridized carbons (Fsp3) is 0.389. The van der Waals surface area contributed by atoms with E-state index < -0.39 is 0 Å². The van der Waals surface area contributed by atoms with E-state index in [0.29, 0.717) is 18.1 Å². The molecule has 0 spiro atoms. The highest BCUT2D eigenvalue weighted by atomic mass is 32.1. The minimum Gasteiger partial charge on any atom is -0.339 e. The Hall–Kier alpha value is -2.05. The molecule has 0 bridgehead atoms. The van der Waals surface area contributed by atoms with Crippen molar-refractivity contribution in [2.75, 3.05) is 0 Å². The van der Waals surface area contributed by atoms with E-state index >= 15 is 0 Å². The second-order valence-electron chi connectivity index (χ2n) is 6.39. The molecule has 1 saturated carbocycles. The maximum Gasteiger partial charge on any atom is 0.232 e. The molecule has 0 atom stereocenters. The van der Waals surface area contributed by atoms with Gasteiger partial charge in [0.15, 0.2) is 5.82 Å². The van der Waals surface area contributed by atoms with Crippen LogP contribution in [0.15, 0.2) is 34.2 Å². The number of hydrogen-bond donors (Lipinski definition) is 1. The Morgan fingerprint density at radius 2 is 2.00 bits per heavy atom. The molecule has 2 aromatic heterocycles. The van der Waals surface area contributed by atoms with E-state index in [2.05, 4.69) is 46.7 Å². The Balaban J connectivity index is 1.48. The topological polar surface area (TPSA) is 77.8 Å². The molecule has 1 fully saturated rings. The van der Waals surface area contributed by atoms with Gasteiger partial charge >= 0.3 is 0 Å². The number of hydrogen-bond acceptors (Lipinski definition) is 6. The van der Waals surface area contributed by atoms with E-state index in [0.717, 1.165) is 41.9 Å². The van der Waals surface area contributed by atoms with Crippen molar-refractivity contribution in [3.8, 4) is 10.6 Å². The Morgan fingerprint density at radius 1 is 1.21 bits per heavy atom. The van der Waals surface area contributed by atoms with Crippen molar-refractivity contribution in [3.05, 3.63) is 52.6 Å². The van der Waals surface area contributed by atoms with Crippen molar-refractivity contribution in [1.82, 2.24) is 15.1 Å². The molecule has 0 aliphatic heterocycles. The minimum atomic E-state index is -0.379. The van der Waals surface area contributed by atoms with Crippen LogP contribution in [0.25, 0.3) is 10.6 Å². The normalized spacial score (nSPS) is 16.1. The van der Waals surface area contributed by atoms with E-state index in [1.165, 1.54) is 5.56 Å². The summed E-state index contributed by atoms with van der Waals surface area (Å²) in [6, 6.07) is 8.56. The molecule has 1 aromatic carbocycles. The van der Waals surface area contributed by atoms with Gasteiger partial charge in [-0.05, 0) is 31.2 Å². The van der Waals surface area contributed by atoms with Crippen LogP contribution >= 0.6 is 11.3 Å². The summed E-state index contributed by atoms with van der Waals surface area (Å²) >= 11 is 1.64. The van der Waals surface area contributed by atoms with Crippen LogP contribution in [-0.2, 0) is 18.4 Å². The van der Waals surface area contributed by atoms with Crippen molar-refractivity contribution in [2.45, 2.75) is 44.6 Å². The number of thiazole rings is 1. The largest absolute Gasteiger partial charge is 0.339 e. The van der Waals surface area contributed by atoms with Crippen LogP contribution in [-0.4, -0.2) is 15.1 Å². The highest BCUT2D eigenvalue weighted by molar-refractivity contribution is 7.13. The fourth-order valence-corrected chi connectivity index (χ4v) is 3.69. The van der Waals surface area contributed by atoms with Crippen LogP contribution in [0.5, 0.6) is 0 Å². The van der Waals surface area contributed by atoms with Gasteiger partial charge in [0.1, 0.15) is 5.01 Å². The smallest absolute Gasteiger partial charge is 0.232 e. The molecular weight excluding hydrogens is 320 g/mol. The second kappa shape index (κ2) is 6.11. The van der Waals surface area contributed by atoms with Gasteiger partial charge in [-0.2, -0.15) is 4.98 Å². The third kappa shape index (κ3) is 2.87. The summed E-state index contributed by atoms with van der Waals surface area (Å²) in [5.74, 6) is 1.22. The summed E-state index contributed by atoms with van der Waals surface area (Å²) in [6.45, 7) is 2.16. The lowest BCUT2D eigenvalue weighted by Crippen LogP contribution is -2.44.